The minimum absolute atomic E-state index is 0.0790. The maximum absolute atomic E-state index is 12.4. The number of rotatable bonds is 8. The van der Waals surface area contributed by atoms with Crippen LogP contribution in [0, 0.1) is 13.8 Å². The second kappa shape index (κ2) is 9.95. The van der Waals surface area contributed by atoms with Gasteiger partial charge in [-0.2, -0.15) is 0 Å². The molecule has 0 bridgehead atoms. The summed E-state index contributed by atoms with van der Waals surface area (Å²) >= 11 is 6.09. The number of hydrogen-bond donors (Lipinski definition) is 1. The zero-order chi connectivity index (χ0) is 22.5. The first kappa shape index (κ1) is 23.7. The number of nitrogens with zero attached hydrogens (tertiary/aromatic N) is 1. The molecule has 0 atom stereocenters. The van der Waals surface area contributed by atoms with Crippen LogP contribution < -0.4 is 9.62 Å². The second-order valence-electron chi connectivity index (χ2n) is 6.89. The standard InChI is InChI=1S/C21H25ClN2O5S/c1-14-7-5-8-19(15(14)2)24(30(4,27)28)12-6-9-20(25)23-18-13-16(21(26)29-3)10-11-17(18)22/h5,7-8,10-11,13H,6,9,12H2,1-4H3,(H,23,25). The number of halogens is 1. The molecule has 30 heavy (non-hydrogen) atoms. The molecule has 0 saturated heterocycles. The van der Waals surface area contributed by atoms with Crippen molar-refractivity contribution in [1.82, 2.24) is 0 Å². The highest BCUT2D eigenvalue weighted by Gasteiger charge is 2.20. The van der Waals surface area contributed by atoms with E-state index < -0.39 is 16.0 Å². The topological polar surface area (TPSA) is 92.8 Å². The number of methoxy groups -OCH3 is 1. The molecule has 7 nitrogen and oxygen atoms in total. The molecule has 0 saturated carbocycles. The molecular formula is C21H25ClN2O5S. The summed E-state index contributed by atoms with van der Waals surface area (Å²) in [6, 6.07) is 9.90. The molecule has 0 heterocycles. The SMILES string of the molecule is COC(=O)c1ccc(Cl)c(NC(=O)CCCN(c2cccc(C)c2C)S(C)(=O)=O)c1. The number of anilines is 2. The molecule has 0 unspecified atom stereocenters. The number of carbonyl (C=O) groups is 2. The number of ether oxygens (including phenoxy) is 1. The van der Waals surface area contributed by atoms with Gasteiger partial charge in [0.25, 0.3) is 0 Å². The quantitative estimate of drug-likeness (QED) is 0.612. The highest BCUT2D eigenvalue weighted by atomic mass is 35.5. The third-order valence-corrected chi connectivity index (χ3v) is 6.18. The second-order valence-corrected chi connectivity index (χ2v) is 9.21. The molecular weight excluding hydrogens is 428 g/mol. The number of nitrogens with one attached hydrogen (secondary N) is 1. The first-order chi connectivity index (χ1) is 14.0. The van der Waals surface area contributed by atoms with Gasteiger partial charge in [0.2, 0.25) is 15.9 Å². The fourth-order valence-corrected chi connectivity index (χ4v) is 4.11. The first-order valence-corrected chi connectivity index (χ1v) is 11.5. The van der Waals surface area contributed by atoms with Crippen LogP contribution in [-0.4, -0.2) is 40.2 Å². The van der Waals surface area contributed by atoms with Gasteiger partial charge < -0.3 is 10.1 Å². The number of amides is 1. The fourth-order valence-electron chi connectivity index (χ4n) is 2.93. The summed E-state index contributed by atoms with van der Waals surface area (Å²) in [5.41, 5.74) is 3.01. The molecule has 1 N–H and O–H groups in total. The van der Waals surface area contributed by atoms with E-state index in [4.69, 9.17) is 11.6 Å². The number of esters is 1. The molecule has 0 fully saturated rings. The van der Waals surface area contributed by atoms with Crippen molar-refractivity contribution < 1.29 is 22.7 Å². The van der Waals surface area contributed by atoms with Crippen LogP contribution in [0.3, 0.4) is 0 Å². The Balaban J connectivity index is 2.07. The van der Waals surface area contributed by atoms with Gasteiger partial charge >= 0.3 is 5.97 Å². The molecule has 2 aromatic rings. The van der Waals surface area contributed by atoms with Gasteiger partial charge in [-0.05, 0) is 55.7 Å². The van der Waals surface area contributed by atoms with Crippen LogP contribution in [-0.2, 0) is 19.6 Å². The van der Waals surface area contributed by atoms with Gasteiger partial charge in [-0.3, -0.25) is 9.10 Å². The Kier molecular flexibility index (Phi) is 7.86. The Labute approximate surface area is 182 Å². The number of sulfonamides is 1. The molecule has 0 aliphatic carbocycles. The van der Waals surface area contributed by atoms with E-state index in [0.29, 0.717) is 17.8 Å². The molecule has 2 rings (SSSR count). The molecule has 9 heteroatoms. The summed E-state index contributed by atoms with van der Waals surface area (Å²) in [6.07, 6.45) is 1.53. The highest BCUT2D eigenvalue weighted by molar-refractivity contribution is 7.92. The van der Waals surface area contributed by atoms with Crippen LogP contribution in [0.15, 0.2) is 36.4 Å². The Bertz CT molecular complexity index is 1050. The zero-order valence-corrected chi connectivity index (χ0v) is 18.9. The molecule has 162 valence electrons. The van der Waals surface area contributed by atoms with Crippen molar-refractivity contribution in [3.63, 3.8) is 0 Å². The summed E-state index contributed by atoms with van der Waals surface area (Å²) in [5, 5.41) is 2.94. The van der Waals surface area contributed by atoms with E-state index in [0.717, 1.165) is 17.4 Å². The number of hydrogen-bond acceptors (Lipinski definition) is 5. The van der Waals surface area contributed by atoms with Gasteiger partial charge in [0.05, 0.1) is 35.3 Å². The van der Waals surface area contributed by atoms with E-state index in [2.05, 4.69) is 10.1 Å². The third kappa shape index (κ3) is 5.96. The summed E-state index contributed by atoms with van der Waals surface area (Å²) in [5.74, 6) is -0.882. The lowest BCUT2D eigenvalue weighted by atomic mass is 10.1. The van der Waals surface area contributed by atoms with E-state index in [9.17, 15) is 18.0 Å². The van der Waals surface area contributed by atoms with Crippen molar-refractivity contribution >= 4 is 44.9 Å². The van der Waals surface area contributed by atoms with Gasteiger partial charge in [-0.15, -0.1) is 0 Å². The van der Waals surface area contributed by atoms with Gasteiger partial charge in [0, 0.05) is 13.0 Å². The van der Waals surface area contributed by atoms with Crippen molar-refractivity contribution in [3.8, 4) is 0 Å². The predicted molar refractivity (Wildman–Crippen MR) is 119 cm³/mol. The van der Waals surface area contributed by atoms with Crippen LogP contribution in [0.5, 0.6) is 0 Å². The van der Waals surface area contributed by atoms with Crippen LogP contribution in [0.4, 0.5) is 11.4 Å². The van der Waals surface area contributed by atoms with Gasteiger partial charge in [0.15, 0.2) is 0 Å². The molecule has 0 aromatic heterocycles. The van der Waals surface area contributed by atoms with E-state index in [1.54, 1.807) is 12.1 Å². The third-order valence-electron chi connectivity index (χ3n) is 4.67. The number of aryl methyl sites for hydroxylation is 1. The average Bonchev–Trinajstić information content (AvgIpc) is 2.68. The molecule has 0 aliphatic rings. The monoisotopic (exact) mass is 452 g/mol. The fraction of sp³-hybridized carbons (Fsp3) is 0.333. The lowest BCUT2D eigenvalue weighted by Gasteiger charge is -2.25. The number of benzene rings is 2. The Morgan fingerprint density at radius 1 is 1.17 bits per heavy atom. The van der Waals surface area contributed by atoms with E-state index in [1.807, 2.05) is 19.9 Å². The highest BCUT2D eigenvalue weighted by Crippen LogP contribution is 2.26. The zero-order valence-electron chi connectivity index (χ0n) is 17.4. The molecule has 2 aromatic carbocycles. The Morgan fingerprint density at radius 3 is 2.50 bits per heavy atom. The van der Waals surface area contributed by atoms with Crippen LogP contribution >= 0.6 is 11.6 Å². The van der Waals surface area contributed by atoms with Gasteiger partial charge in [-0.25, -0.2) is 13.2 Å². The Hall–Kier alpha value is -2.58. The van der Waals surface area contributed by atoms with Crippen molar-refractivity contribution in [3.05, 3.63) is 58.1 Å². The van der Waals surface area contributed by atoms with Gasteiger partial charge in [-0.1, -0.05) is 23.7 Å². The van der Waals surface area contributed by atoms with Gasteiger partial charge in [0.1, 0.15) is 0 Å². The smallest absolute Gasteiger partial charge is 0.337 e. The first-order valence-electron chi connectivity index (χ1n) is 9.26. The average molecular weight is 453 g/mol. The summed E-state index contributed by atoms with van der Waals surface area (Å²) < 4.78 is 30.6. The lowest BCUT2D eigenvalue weighted by molar-refractivity contribution is -0.116. The maximum Gasteiger partial charge on any atom is 0.337 e. The van der Waals surface area contributed by atoms with Crippen LogP contribution in [0.2, 0.25) is 5.02 Å². The van der Waals surface area contributed by atoms with Crippen molar-refractivity contribution in [1.29, 1.82) is 0 Å². The normalized spacial score (nSPS) is 11.1. The van der Waals surface area contributed by atoms with Crippen molar-refractivity contribution in [2.24, 2.45) is 0 Å². The van der Waals surface area contributed by atoms with Crippen LogP contribution in [0.1, 0.15) is 34.3 Å². The summed E-state index contributed by atoms with van der Waals surface area (Å²) in [7, 11) is -2.25. The summed E-state index contributed by atoms with van der Waals surface area (Å²) in [4.78, 5) is 24.0. The minimum atomic E-state index is -3.51. The number of carbonyl (C=O) groups excluding carboxylic acids is 2. The lowest BCUT2D eigenvalue weighted by Crippen LogP contribution is -2.32. The molecule has 0 radical (unpaired) electrons. The van der Waals surface area contributed by atoms with Crippen molar-refractivity contribution in [2.75, 3.05) is 29.5 Å². The predicted octanol–water partition coefficient (Wildman–Crippen LogP) is 3.93. The van der Waals surface area contributed by atoms with E-state index >= 15 is 0 Å². The maximum atomic E-state index is 12.4. The van der Waals surface area contributed by atoms with Crippen LogP contribution in [0.25, 0.3) is 0 Å². The Morgan fingerprint density at radius 2 is 1.87 bits per heavy atom. The van der Waals surface area contributed by atoms with E-state index in [-0.39, 0.29) is 29.5 Å². The van der Waals surface area contributed by atoms with Crippen molar-refractivity contribution in [2.45, 2.75) is 26.7 Å². The molecule has 0 spiro atoms. The molecule has 1 amide bonds. The largest absolute Gasteiger partial charge is 0.465 e. The molecule has 0 aliphatic heterocycles. The van der Waals surface area contributed by atoms with E-state index in [1.165, 1.54) is 29.6 Å². The summed E-state index contributed by atoms with van der Waals surface area (Å²) in [6.45, 7) is 3.94. The minimum Gasteiger partial charge on any atom is -0.465 e.